The van der Waals surface area contributed by atoms with Gasteiger partial charge >= 0.3 is 0 Å². The number of aryl methyl sites for hydroxylation is 1. The smallest absolute Gasteiger partial charge is 0.189 e. The predicted octanol–water partition coefficient (Wildman–Crippen LogP) is 4.46. The van der Waals surface area contributed by atoms with Crippen molar-refractivity contribution >= 4 is 11.6 Å². The van der Waals surface area contributed by atoms with E-state index in [0.717, 1.165) is 16.9 Å². The van der Waals surface area contributed by atoms with Crippen LogP contribution in [0.15, 0.2) is 48.5 Å². The van der Waals surface area contributed by atoms with Crippen molar-refractivity contribution in [3.8, 4) is 5.75 Å². The molecule has 5 heteroatoms. The quantitative estimate of drug-likeness (QED) is 0.549. The molecular formula is C20H23FN2O2. The summed E-state index contributed by atoms with van der Waals surface area (Å²) in [5.74, 6) is 0.0939. The van der Waals surface area contributed by atoms with Crippen LogP contribution in [0.25, 0.3) is 0 Å². The number of rotatable bonds is 8. The van der Waals surface area contributed by atoms with Crippen LogP contribution < -0.4 is 4.74 Å². The first-order chi connectivity index (χ1) is 12.0. The lowest BCUT2D eigenvalue weighted by molar-refractivity contribution is 0.305. The lowest BCUT2D eigenvalue weighted by atomic mass is 9.90. The fraction of sp³-hybridized carbons (Fsp3) is 0.300. The molecule has 0 aliphatic carbocycles. The first kappa shape index (κ1) is 18.6. The van der Waals surface area contributed by atoms with Gasteiger partial charge in [0, 0.05) is 0 Å². The number of nitrogens with one attached hydrogen (secondary N) is 2. The molecule has 25 heavy (non-hydrogen) atoms. The predicted molar refractivity (Wildman–Crippen MR) is 97.4 cm³/mol. The summed E-state index contributed by atoms with van der Waals surface area (Å²) in [6, 6.07) is 13.5. The van der Waals surface area contributed by atoms with Crippen LogP contribution in [-0.2, 0) is 11.2 Å². The molecular weight excluding hydrogens is 319 g/mol. The van der Waals surface area contributed by atoms with Gasteiger partial charge in [-0.15, -0.1) is 0 Å². The molecule has 0 saturated carbocycles. The molecule has 2 aromatic rings. The van der Waals surface area contributed by atoms with Gasteiger partial charge in [0.25, 0.3) is 0 Å². The Hall–Kier alpha value is -2.69. The molecule has 0 fully saturated rings. The number of ether oxygens (including phenoxy) is 2. The molecule has 0 bridgehead atoms. The molecule has 0 aromatic heterocycles. The maximum absolute atomic E-state index is 13.0. The standard InChI is InChI=1S/C20H23FN2O2/c1-3-25-20(23)18(13-6-14-4-9-16(21)10-5-14)19(22)15-7-11-17(24-2)12-8-15/h4-5,7-12,18,22-23H,3,6,13H2,1-2H3. The minimum absolute atomic E-state index is 0.0884. The highest BCUT2D eigenvalue weighted by Gasteiger charge is 2.22. The van der Waals surface area contributed by atoms with Gasteiger partial charge in [-0.25, -0.2) is 4.39 Å². The van der Waals surface area contributed by atoms with E-state index in [1.54, 1.807) is 31.4 Å². The molecule has 2 N–H and O–H groups in total. The molecule has 4 nitrogen and oxygen atoms in total. The van der Waals surface area contributed by atoms with Gasteiger partial charge in [0.05, 0.1) is 25.3 Å². The summed E-state index contributed by atoms with van der Waals surface area (Å²) in [7, 11) is 1.59. The Labute approximate surface area is 147 Å². The largest absolute Gasteiger partial charge is 0.497 e. The van der Waals surface area contributed by atoms with E-state index in [4.69, 9.17) is 20.3 Å². The average Bonchev–Trinajstić information content (AvgIpc) is 2.63. The summed E-state index contributed by atoms with van der Waals surface area (Å²) in [4.78, 5) is 0. The van der Waals surface area contributed by atoms with Gasteiger partial charge in [0.2, 0.25) is 0 Å². The SMILES string of the molecule is CCOC(=N)C(CCc1ccc(F)cc1)C(=N)c1ccc(OC)cc1. The molecule has 0 saturated heterocycles. The van der Waals surface area contributed by atoms with E-state index in [9.17, 15) is 4.39 Å². The third-order valence-corrected chi connectivity index (χ3v) is 4.00. The second-order valence-corrected chi connectivity index (χ2v) is 5.66. The van der Waals surface area contributed by atoms with Gasteiger partial charge in [-0.3, -0.25) is 5.41 Å². The Morgan fingerprint density at radius 1 is 1.04 bits per heavy atom. The molecule has 0 heterocycles. The summed E-state index contributed by atoms with van der Waals surface area (Å²) >= 11 is 0. The second-order valence-electron chi connectivity index (χ2n) is 5.66. The third-order valence-electron chi connectivity index (χ3n) is 4.00. The topological polar surface area (TPSA) is 66.2 Å². The van der Waals surface area contributed by atoms with Crippen LogP contribution in [0.4, 0.5) is 4.39 Å². The van der Waals surface area contributed by atoms with E-state index in [1.807, 2.05) is 19.1 Å². The van der Waals surface area contributed by atoms with Crippen LogP contribution in [0.5, 0.6) is 5.75 Å². The van der Waals surface area contributed by atoms with Crippen molar-refractivity contribution in [3.63, 3.8) is 0 Å². The van der Waals surface area contributed by atoms with E-state index in [-0.39, 0.29) is 11.7 Å². The number of hydrogen-bond donors (Lipinski definition) is 2. The Bertz CT molecular complexity index is 711. The van der Waals surface area contributed by atoms with E-state index >= 15 is 0 Å². The van der Waals surface area contributed by atoms with Crippen molar-refractivity contribution in [2.45, 2.75) is 19.8 Å². The number of methoxy groups -OCH3 is 1. The molecule has 0 aliphatic heterocycles. The monoisotopic (exact) mass is 342 g/mol. The van der Waals surface area contributed by atoms with Crippen LogP contribution in [0.1, 0.15) is 24.5 Å². The number of benzene rings is 2. The molecule has 132 valence electrons. The van der Waals surface area contributed by atoms with Gasteiger partial charge in [-0.05, 0) is 67.3 Å². The van der Waals surface area contributed by atoms with E-state index < -0.39 is 5.92 Å². The number of halogens is 1. The molecule has 0 amide bonds. The summed E-state index contributed by atoms with van der Waals surface area (Å²) in [6.07, 6.45) is 1.19. The van der Waals surface area contributed by atoms with Gasteiger partial charge < -0.3 is 14.9 Å². The fourth-order valence-electron chi connectivity index (χ4n) is 2.60. The zero-order chi connectivity index (χ0) is 18.2. The highest BCUT2D eigenvalue weighted by atomic mass is 19.1. The van der Waals surface area contributed by atoms with Gasteiger partial charge in [0.15, 0.2) is 5.90 Å². The second kappa shape index (κ2) is 8.97. The van der Waals surface area contributed by atoms with Crippen molar-refractivity contribution in [2.24, 2.45) is 5.92 Å². The highest BCUT2D eigenvalue weighted by Crippen LogP contribution is 2.20. The zero-order valence-corrected chi connectivity index (χ0v) is 14.5. The van der Waals surface area contributed by atoms with Gasteiger partial charge in [0.1, 0.15) is 11.6 Å². The van der Waals surface area contributed by atoms with E-state index in [2.05, 4.69) is 0 Å². The van der Waals surface area contributed by atoms with Crippen molar-refractivity contribution in [3.05, 3.63) is 65.5 Å². The summed E-state index contributed by atoms with van der Waals surface area (Å²) in [6.45, 7) is 2.21. The molecule has 2 aromatic carbocycles. The first-order valence-corrected chi connectivity index (χ1v) is 8.23. The summed E-state index contributed by atoms with van der Waals surface area (Å²) < 4.78 is 23.5. The molecule has 0 aliphatic rings. The normalized spacial score (nSPS) is 11.6. The fourth-order valence-corrected chi connectivity index (χ4v) is 2.60. The zero-order valence-electron chi connectivity index (χ0n) is 14.5. The maximum atomic E-state index is 13.0. The van der Waals surface area contributed by atoms with Crippen molar-refractivity contribution < 1.29 is 13.9 Å². The lowest BCUT2D eigenvalue weighted by Gasteiger charge is -2.19. The summed E-state index contributed by atoms with van der Waals surface area (Å²) in [5, 5.41) is 16.7. The molecule has 0 radical (unpaired) electrons. The minimum Gasteiger partial charge on any atom is -0.497 e. The Morgan fingerprint density at radius 2 is 1.68 bits per heavy atom. The van der Waals surface area contributed by atoms with E-state index in [1.165, 1.54) is 12.1 Å². The van der Waals surface area contributed by atoms with Crippen molar-refractivity contribution in [1.29, 1.82) is 10.8 Å². The molecule has 0 spiro atoms. The lowest BCUT2D eigenvalue weighted by Crippen LogP contribution is -2.26. The van der Waals surface area contributed by atoms with Crippen LogP contribution in [0, 0.1) is 22.6 Å². The van der Waals surface area contributed by atoms with Crippen molar-refractivity contribution in [2.75, 3.05) is 13.7 Å². The minimum atomic E-state index is -0.446. The molecule has 1 atom stereocenters. The Balaban J connectivity index is 2.14. The number of hydrogen-bond acceptors (Lipinski definition) is 4. The molecule has 2 rings (SSSR count). The van der Waals surface area contributed by atoms with Crippen LogP contribution in [-0.4, -0.2) is 25.3 Å². The summed E-state index contributed by atoms with van der Waals surface area (Å²) in [5.41, 5.74) is 2.04. The highest BCUT2D eigenvalue weighted by molar-refractivity contribution is 6.10. The van der Waals surface area contributed by atoms with Crippen LogP contribution in [0.3, 0.4) is 0 Å². The third kappa shape index (κ3) is 5.14. The Morgan fingerprint density at radius 3 is 2.24 bits per heavy atom. The maximum Gasteiger partial charge on any atom is 0.189 e. The first-order valence-electron chi connectivity index (χ1n) is 8.23. The van der Waals surface area contributed by atoms with Crippen LogP contribution in [0.2, 0.25) is 0 Å². The van der Waals surface area contributed by atoms with Gasteiger partial charge in [-0.2, -0.15) is 0 Å². The van der Waals surface area contributed by atoms with Crippen LogP contribution >= 0.6 is 0 Å². The average molecular weight is 342 g/mol. The Kier molecular flexibility index (Phi) is 6.69. The van der Waals surface area contributed by atoms with E-state index in [0.29, 0.717) is 25.2 Å². The molecule has 1 unspecified atom stereocenters. The van der Waals surface area contributed by atoms with Gasteiger partial charge in [-0.1, -0.05) is 12.1 Å². The van der Waals surface area contributed by atoms with Crippen molar-refractivity contribution in [1.82, 2.24) is 0 Å².